The average Bonchev–Trinajstić information content (AvgIpc) is 2.28. The van der Waals surface area contributed by atoms with E-state index in [1.165, 1.54) is 19.2 Å². The minimum absolute atomic E-state index is 0.100. The zero-order chi connectivity index (χ0) is 11.7. The van der Waals surface area contributed by atoms with Crippen LogP contribution in [0.2, 0.25) is 0 Å². The Hall–Kier alpha value is -1.71. The second-order valence-electron chi connectivity index (χ2n) is 3.85. The number of halogens is 1. The number of ketones is 1. The van der Waals surface area contributed by atoms with Gasteiger partial charge in [0.15, 0.2) is 5.78 Å². The number of carbonyl (C=O) groups is 2. The van der Waals surface area contributed by atoms with Gasteiger partial charge in [-0.3, -0.25) is 9.59 Å². The number of fused-ring (bicyclic) bond motifs is 1. The van der Waals surface area contributed by atoms with Crippen LogP contribution in [-0.4, -0.2) is 18.9 Å². The molecule has 1 aromatic carbocycles. The van der Waals surface area contributed by atoms with Gasteiger partial charge in [-0.2, -0.15) is 0 Å². The molecule has 0 saturated carbocycles. The maximum absolute atomic E-state index is 12.9. The van der Waals surface area contributed by atoms with E-state index in [1.54, 1.807) is 6.07 Å². The highest BCUT2D eigenvalue weighted by atomic mass is 19.1. The molecular weight excluding hydrogens is 211 g/mol. The third kappa shape index (κ3) is 1.83. The number of methoxy groups -OCH3 is 1. The summed E-state index contributed by atoms with van der Waals surface area (Å²) in [6.45, 7) is 0. The van der Waals surface area contributed by atoms with Crippen molar-refractivity contribution in [2.75, 3.05) is 7.11 Å². The molecule has 0 amide bonds. The van der Waals surface area contributed by atoms with Crippen LogP contribution in [0.4, 0.5) is 4.39 Å². The summed E-state index contributed by atoms with van der Waals surface area (Å²) in [6, 6.07) is 4.08. The summed E-state index contributed by atoms with van der Waals surface area (Å²) in [6.07, 6.45) is 0.539. The molecule has 0 aromatic heterocycles. The fraction of sp³-hybridized carbons (Fsp3) is 0.333. The normalized spacial score (nSPS) is 19.1. The minimum Gasteiger partial charge on any atom is -0.469 e. The molecule has 0 fully saturated rings. The minimum atomic E-state index is -0.435. The summed E-state index contributed by atoms with van der Waals surface area (Å²) in [5, 5.41) is 0. The number of rotatable bonds is 1. The smallest absolute Gasteiger partial charge is 0.309 e. The molecule has 0 aliphatic heterocycles. The van der Waals surface area contributed by atoms with E-state index in [-0.39, 0.29) is 18.2 Å². The summed E-state index contributed by atoms with van der Waals surface area (Å²) < 4.78 is 17.6. The highest BCUT2D eigenvalue weighted by Crippen LogP contribution is 2.26. The monoisotopic (exact) mass is 222 g/mol. The van der Waals surface area contributed by atoms with Gasteiger partial charge in [-0.25, -0.2) is 4.39 Å². The Morgan fingerprint density at radius 3 is 2.88 bits per heavy atom. The van der Waals surface area contributed by atoms with Crippen LogP contribution in [0, 0.1) is 11.7 Å². The van der Waals surface area contributed by atoms with E-state index >= 15 is 0 Å². The van der Waals surface area contributed by atoms with Crippen molar-refractivity contribution < 1.29 is 18.7 Å². The highest BCUT2D eigenvalue weighted by molar-refractivity contribution is 6.01. The number of benzene rings is 1. The third-order valence-electron chi connectivity index (χ3n) is 2.80. The Labute approximate surface area is 92.2 Å². The maximum atomic E-state index is 12.9. The molecule has 3 nitrogen and oxygen atoms in total. The molecule has 0 N–H and O–H groups in total. The van der Waals surface area contributed by atoms with Crippen LogP contribution in [0.15, 0.2) is 18.2 Å². The number of hydrogen-bond acceptors (Lipinski definition) is 3. The number of hydrogen-bond donors (Lipinski definition) is 0. The van der Waals surface area contributed by atoms with Gasteiger partial charge in [0.2, 0.25) is 0 Å². The summed E-state index contributed by atoms with van der Waals surface area (Å²) in [4.78, 5) is 23.0. The van der Waals surface area contributed by atoms with Crippen molar-refractivity contribution in [1.29, 1.82) is 0 Å². The molecule has 1 atom stereocenters. The van der Waals surface area contributed by atoms with Crippen molar-refractivity contribution >= 4 is 11.8 Å². The summed E-state index contributed by atoms with van der Waals surface area (Å²) in [5.74, 6) is -1.45. The summed E-state index contributed by atoms with van der Waals surface area (Å²) >= 11 is 0. The Morgan fingerprint density at radius 2 is 2.19 bits per heavy atom. The van der Waals surface area contributed by atoms with Crippen LogP contribution in [0.3, 0.4) is 0 Å². The molecule has 16 heavy (non-hydrogen) atoms. The lowest BCUT2D eigenvalue weighted by atomic mass is 9.83. The average molecular weight is 222 g/mol. The first-order valence-corrected chi connectivity index (χ1v) is 5.01. The fourth-order valence-corrected chi connectivity index (χ4v) is 1.99. The van der Waals surface area contributed by atoms with Gasteiger partial charge in [0.1, 0.15) is 5.82 Å². The standard InChI is InChI=1S/C12H11FO3/c1-16-12(15)8-4-7-2-3-9(13)6-10(7)11(14)5-8/h2-3,6,8H,4-5H2,1H3. The van der Waals surface area contributed by atoms with Gasteiger partial charge in [0.05, 0.1) is 13.0 Å². The Kier molecular flexibility index (Phi) is 2.73. The van der Waals surface area contributed by atoms with Crippen molar-refractivity contribution in [3.05, 3.63) is 35.1 Å². The van der Waals surface area contributed by atoms with Gasteiger partial charge in [0.25, 0.3) is 0 Å². The van der Waals surface area contributed by atoms with Crippen LogP contribution in [-0.2, 0) is 16.0 Å². The second kappa shape index (κ2) is 4.04. The molecule has 0 bridgehead atoms. The van der Waals surface area contributed by atoms with E-state index in [9.17, 15) is 14.0 Å². The van der Waals surface area contributed by atoms with Crippen molar-refractivity contribution in [3.8, 4) is 0 Å². The topological polar surface area (TPSA) is 43.4 Å². The van der Waals surface area contributed by atoms with E-state index in [0.717, 1.165) is 0 Å². The Morgan fingerprint density at radius 1 is 1.44 bits per heavy atom. The van der Waals surface area contributed by atoms with Gasteiger partial charge >= 0.3 is 5.97 Å². The van der Waals surface area contributed by atoms with E-state index in [2.05, 4.69) is 4.74 Å². The van der Waals surface area contributed by atoms with Gasteiger partial charge in [-0.1, -0.05) is 6.07 Å². The molecule has 0 spiro atoms. The van der Waals surface area contributed by atoms with Gasteiger partial charge in [0, 0.05) is 12.0 Å². The predicted molar refractivity (Wildman–Crippen MR) is 54.6 cm³/mol. The lowest BCUT2D eigenvalue weighted by Gasteiger charge is -2.21. The molecule has 2 rings (SSSR count). The predicted octanol–water partition coefficient (Wildman–Crippen LogP) is 1.74. The largest absolute Gasteiger partial charge is 0.469 e. The highest BCUT2D eigenvalue weighted by Gasteiger charge is 2.30. The number of carbonyl (C=O) groups excluding carboxylic acids is 2. The first kappa shape index (κ1) is 10.8. The first-order chi connectivity index (χ1) is 7.61. The molecular formula is C12H11FO3. The molecule has 1 aliphatic rings. The zero-order valence-corrected chi connectivity index (χ0v) is 8.83. The third-order valence-corrected chi connectivity index (χ3v) is 2.80. The van der Waals surface area contributed by atoms with E-state index in [0.29, 0.717) is 17.5 Å². The van der Waals surface area contributed by atoms with Crippen molar-refractivity contribution in [1.82, 2.24) is 0 Å². The number of Topliss-reactive ketones (excluding diaryl/α,β-unsaturated/α-hetero) is 1. The Bertz CT molecular complexity index is 454. The van der Waals surface area contributed by atoms with Crippen LogP contribution in [0.1, 0.15) is 22.3 Å². The van der Waals surface area contributed by atoms with Crippen molar-refractivity contribution in [3.63, 3.8) is 0 Å². The van der Waals surface area contributed by atoms with Crippen LogP contribution in [0.5, 0.6) is 0 Å². The van der Waals surface area contributed by atoms with Crippen LogP contribution < -0.4 is 0 Å². The summed E-state index contributed by atoms with van der Waals surface area (Å²) in [5.41, 5.74) is 1.10. The van der Waals surface area contributed by atoms with Crippen molar-refractivity contribution in [2.45, 2.75) is 12.8 Å². The van der Waals surface area contributed by atoms with Gasteiger partial charge < -0.3 is 4.74 Å². The molecule has 0 radical (unpaired) electrons. The molecule has 0 saturated heterocycles. The zero-order valence-electron chi connectivity index (χ0n) is 8.83. The first-order valence-electron chi connectivity index (χ1n) is 5.01. The van der Waals surface area contributed by atoms with Crippen LogP contribution in [0.25, 0.3) is 0 Å². The lowest BCUT2D eigenvalue weighted by molar-refractivity contribution is -0.145. The van der Waals surface area contributed by atoms with Gasteiger partial charge in [-0.15, -0.1) is 0 Å². The second-order valence-corrected chi connectivity index (χ2v) is 3.85. The Balaban J connectivity index is 2.33. The molecule has 84 valence electrons. The molecule has 1 aliphatic carbocycles. The molecule has 1 aromatic rings. The van der Waals surface area contributed by atoms with Crippen molar-refractivity contribution in [2.24, 2.45) is 5.92 Å². The van der Waals surface area contributed by atoms with E-state index in [1.807, 2.05) is 0 Å². The number of esters is 1. The molecule has 1 unspecified atom stereocenters. The molecule has 4 heteroatoms. The SMILES string of the molecule is COC(=O)C1CC(=O)c2cc(F)ccc2C1. The quantitative estimate of drug-likeness (QED) is 0.680. The fourth-order valence-electron chi connectivity index (χ4n) is 1.99. The van der Waals surface area contributed by atoms with Crippen LogP contribution >= 0.6 is 0 Å². The van der Waals surface area contributed by atoms with E-state index in [4.69, 9.17) is 0 Å². The molecule has 0 heterocycles. The number of ether oxygens (including phenoxy) is 1. The maximum Gasteiger partial charge on any atom is 0.309 e. The lowest BCUT2D eigenvalue weighted by Crippen LogP contribution is -2.27. The van der Waals surface area contributed by atoms with E-state index < -0.39 is 11.7 Å². The summed E-state index contributed by atoms with van der Waals surface area (Å²) in [7, 11) is 1.30. The van der Waals surface area contributed by atoms with Gasteiger partial charge in [-0.05, 0) is 24.1 Å².